The molecule has 92 valence electrons. The zero-order valence-electron chi connectivity index (χ0n) is 9.88. The minimum atomic E-state index is -0.641. The molecular weight excluding hydrogens is 230 g/mol. The van der Waals surface area contributed by atoms with Gasteiger partial charge in [-0.15, -0.1) is 0 Å². The Balaban J connectivity index is 2.50. The predicted molar refractivity (Wildman–Crippen MR) is 69.2 cm³/mol. The highest BCUT2D eigenvalue weighted by molar-refractivity contribution is 5.96. The number of ether oxygens (including phenoxy) is 1. The zero-order valence-corrected chi connectivity index (χ0v) is 9.88. The van der Waals surface area contributed by atoms with Crippen LogP contribution >= 0.6 is 0 Å². The van der Waals surface area contributed by atoms with Crippen LogP contribution in [-0.4, -0.2) is 18.0 Å². The van der Waals surface area contributed by atoms with Crippen LogP contribution in [0.15, 0.2) is 36.4 Å². The average molecular weight is 243 g/mol. The molecule has 1 amide bonds. The van der Waals surface area contributed by atoms with Crippen molar-refractivity contribution >= 4 is 11.6 Å². The quantitative estimate of drug-likeness (QED) is 0.853. The van der Waals surface area contributed by atoms with E-state index in [1.807, 2.05) is 24.3 Å². The molecule has 1 heterocycles. The minimum absolute atomic E-state index is 0.0790. The molecule has 4 N–H and O–H groups in total. The van der Waals surface area contributed by atoms with Gasteiger partial charge < -0.3 is 16.2 Å². The number of methoxy groups -OCH3 is 1. The van der Waals surface area contributed by atoms with Crippen molar-refractivity contribution in [2.24, 2.45) is 5.73 Å². The smallest absolute Gasteiger partial charge is 0.269 e. The maximum absolute atomic E-state index is 11.2. The van der Waals surface area contributed by atoms with Crippen molar-refractivity contribution < 1.29 is 9.53 Å². The van der Waals surface area contributed by atoms with E-state index in [2.05, 4.69) is 4.98 Å². The Kier molecular flexibility index (Phi) is 3.14. The molecule has 1 aromatic heterocycles. The standard InChI is InChI=1S/C13H13N3O2/c1-18-9-4-2-3-8(7-9)11-6-5-10(14)12(16-11)13(15)17/h2-7H,14H2,1H3,(H2,15,17). The lowest BCUT2D eigenvalue weighted by Gasteiger charge is -2.06. The van der Waals surface area contributed by atoms with E-state index in [4.69, 9.17) is 16.2 Å². The van der Waals surface area contributed by atoms with Gasteiger partial charge in [-0.25, -0.2) is 4.98 Å². The second-order valence-electron chi connectivity index (χ2n) is 3.73. The number of aromatic nitrogens is 1. The minimum Gasteiger partial charge on any atom is -0.497 e. The zero-order chi connectivity index (χ0) is 13.1. The van der Waals surface area contributed by atoms with Crippen molar-refractivity contribution in [2.45, 2.75) is 0 Å². The molecule has 1 aromatic carbocycles. The second-order valence-corrected chi connectivity index (χ2v) is 3.73. The molecule has 5 heteroatoms. The number of hydrogen-bond donors (Lipinski definition) is 2. The van der Waals surface area contributed by atoms with Crippen molar-refractivity contribution in [3.63, 3.8) is 0 Å². The number of carbonyl (C=O) groups is 1. The van der Waals surface area contributed by atoms with Gasteiger partial charge in [0.15, 0.2) is 5.69 Å². The number of anilines is 1. The molecule has 0 spiro atoms. The first-order valence-electron chi connectivity index (χ1n) is 5.32. The first kappa shape index (κ1) is 11.9. The number of primary amides is 1. The van der Waals surface area contributed by atoms with E-state index in [-0.39, 0.29) is 11.4 Å². The van der Waals surface area contributed by atoms with E-state index in [0.29, 0.717) is 11.4 Å². The number of rotatable bonds is 3. The van der Waals surface area contributed by atoms with Crippen LogP contribution in [0, 0.1) is 0 Å². The maximum atomic E-state index is 11.2. The fourth-order valence-electron chi connectivity index (χ4n) is 1.61. The number of hydrogen-bond acceptors (Lipinski definition) is 4. The summed E-state index contributed by atoms with van der Waals surface area (Å²) in [5.41, 5.74) is 12.7. The van der Waals surface area contributed by atoms with Gasteiger partial charge in [-0.1, -0.05) is 12.1 Å². The highest BCUT2D eigenvalue weighted by atomic mass is 16.5. The Morgan fingerprint density at radius 3 is 2.72 bits per heavy atom. The molecule has 0 unspecified atom stereocenters. The first-order valence-corrected chi connectivity index (χ1v) is 5.32. The van der Waals surface area contributed by atoms with Crippen molar-refractivity contribution in [3.05, 3.63) is 42.1 Å². The van der Waals surface area contributed by atoms with Gasteiger partial charge in [0.25, 0.3) is 5.91 Å². The van der Waals surface area contributed by atoms with Gasteiger partial charge in [0, 0.05) is 5.56 Å². The van der Waals surface area contributed by atoms with Crippen molar-refractivity contribution in [3.8, 4) is 17.0 Å². The van der Waals surface area contributed by atoms with Gasteiger partial charge in [0.05, 0.1) is 18.5 Å². The van der Waals surface area contributed by atoms with E-state index in [9.17, 15) is 4.79 Å². The summed E-state index contributed by atoms with van der Waals surface area (Å²) in [6.07, 6.45) is 0. The topological polar surface area (TPSA) is 91.2 Å². The molecule has 0 aliphatic carbocycles. The molecular formula is C13H13N3O2. The van der Waals surface area contributed by atoms with Crippen LogP contribution in [0.5, 0.6) is 5.75 Å². The highest BCUT2D eigenvalue weighted by Gasteiger charge is 2.10. The number of nitrogens with zero attached hydrogens (tertiary/aromatic N) is 1. The van der Waals surface area contributed by atoms with Crippen molar-refractivity contribution in [1.82, 2.24) is 4.98 Å². The number of nitrogens with two attached hydrogens (primary N) is 2. The number of pyridine rings is 1. The van der Waals surface area contributed by atoms with E-state index in [1.54, 1.807) is 19.2 Å². The summed E-state index contributed by atoms with van der Waals surface area (Å²) in [7, 11) is 1.59. The number of nitrogen functional groups attached to an aromatic ring is 1. The second kappa shape index (κ2) is 4.75. The van der Waals surface area contributed by atoms with Gasteiger partial charge in [-0.2, -0.15) is 0 Å². The third-order valence-electron chi connectivity index (χ3n) is 2.53. The van der Waals surface area contributed by atoms with Crippen LogP contribution in [-0.2, 0) is 0 Å². The van der Waals surface area contributed by atoms with E-state index >= 15 is 0 Å². The largest absolute Gasteiger partial charge is 0.497 e. The summed E-state index contributed by atoms with van der Waals surface area (Å²) in [5.74, 6) is 0.0731. The van der Waals surface area contributed by atoms with E-state index in [0.717, 1.165) is 5.56 Å². The molecule has 18 heavy (non-hydrogen) atoms. The molecule has 0 saturated heterocycles. The molecule has 0 radical (unpaired) electrons. The van der Waals surface area contributed by atoms with Gasteiger partial charge >= 0.3 is 0 Å². The number of carbonyl (C=O) groups excluding carboxylic acids is 1. The highest BCUT2D eigenvalue weighted by Crippen LogP contribution is 2.23. The normalized spacial score (nSPS) is 10.1. The Bertz CT molecular complexity index is 597. The average Bonchev–Trinajstić information content (AvgIpc) is 2.39. The van der Waals surface area contributed by atoms with E-state index in [1.165, 1.54) is 0 Å². The van der Waals surface area contributed by atoms with Crippen LogP contribution in [0.1, 0.15) is 10.5 Å². The molecule has 0 atom stereocenters. The monoisotopic (exact) mass is 243 g/mol. The number of benzene rings is 1. The number of amides is 1. The third-order valence-corrected chi connectivity index (χ3v) is 2.53. The Labute approximate surface area is 104 Å². The van der Waals surface area contributed by atoms with Crippen LogP contribution in [0.2, 0.25) is 0 Å². The molecule has 0 fully saturated rings. The summed E-state index contributed by atoms with van der Waals surface area (Å²) in [6, 6.07) is 10.7. The fraction of sp³-hybridized carbons (Fsp3) is 0.0769. The molecule has 2 aromatic rings. The summed E-state index contributed by atoms with van der Waals surface area (Å²) in [6.45, 7) is 0. The van der Waals surface area contributed by atoms with Crippen LogP contribution < -0.4 is 16.2 Å². The van der Waals surface area contributed by atoms with Gasteiger partial charge in [-0.3, -0.25) is 4.79 Å². The molecule has 0 bridgehead atoms. The lowest BCUT2D eigenvalue weighted by molar-refractivity contribution is 0.0996. The van der Waals surface area contributed by atoms with E-state index < -0.39 is 5.91 Å². The summed E-state index contributed by atoms with van der Waals surface area (Å²) >= 11 is 0. The lowest BCUT2D eigenvalue weighted by atomic mass is 10.1. The summed E-state index contributed by atoms with van der Waals surface area (Å²) in [5, 5.41) is 0. The Morgan fingerprint density at radius 1 is 1.28 bits per heavy atom. The lowest BCUT2D eigenvalue weighted by Crippen LogP contribution is -2.15. The van der Waals surface area contributed by atoms with Gasteiger partial charge in [0.1, 0.15) is 5.75 Å². The van der Waals surface area contributed by atoms with Crippen molar-refractivity contribution in [2.75, 3.05) is 12.8 Å². The first-order chi connectivity index (χ1) is 8.61. The van der Waals surface area contributed by atoms with Gasteiger partial charge in [-0.05, 0) is 24.3 Å². The Morgan fingerprint density at radius 2 is 2.06 bits per heavy atom. The van der Waals surface area contributed by atoms with Crippen LogP contribution in [0.25, 0.3) is 11.3 Å². The Hall–Kier alpha value is -2.56. The molecule has 0 aliphatic rings. The van der Waals surface area contributed by atoms with Crippen LogP contribution in [0.4, 0.5) is 5.69 Å². The fourth-order valence-corrected chi connectivity index (χ4v) is 1.61. The third kappa shape index (κ3) is 2.24. The molecule has 0 aliphatic heterocycles. The predicted octanol–water partition coefficient (Wildman–Crippen LogP) is 1.44. The SMILES string of the molecule is COc1cccc(-c2ccc(N)c(C(N)=O)n2)c1. The van der Waals surface area contributed by atoms with Gasteiger partial charge in [0.2, 0.25) is 0 Å². The maximum Gasteiger partial charge on any atom is 0.269 e. The van der Waals surface area contributed by atoms with Crippen molar-refractivity contribution in [1.29, 1.82) is 0 Å². The molecule has 2 rings (SSSR count). The summed E-state index contributed by atoms with van der Waals surface area (Å²) < 4.78 is 5.13. The van der Waals surface area contributed by atoms with Crippen LogP contribution in [0.3, 0.4) is 0 Å². The molecule has 5 nitrogen and oxygen atoms in total. The molecule has 0 saturated carbocycles. The summed E-state index contributed by atoms with van der Waals surface area (Å²) in [4.78, 5) is 15.3.